The molecule has 1 aliphatic rings. The minimum absolute atomic E-state index is 0. The Hall–Kier alpha value is -1.30. The van der Waals surface area contributed by atoms with Gasteiger partial charge in [-0.1, -0.05) is 26.7 Å². The molecule has 0 saturated heterocycles. The molecule has 1 aromatic carbocycles. The molecule has 24 heavy (non-hydrogen) atoms. The third-order valence-electron chi connectivity index (χ3n) is 4.64. The second kappa shape index (κ2) is 9.87. The topological polar surface area (TPSA) is 84.6 Å². The molecule has 0 bridgehead atoms. The fourth-order valence-electron chi connectivity index (χ4n) is 2.74. The van der Waals surface area contributed by atoms with Crippen LogP contribution in [0.3, 0.4) is 0 Å². The molecule has 1 aliphatic carbocycles. The molecule has 136 valence electrons. The Bertz CT molecular complexity index is 509. The highest BCUT2D eigenvalue weighted by atomic mass is 35.5. The molecule has 0 radical (unpaired) electrons. The highest BCUT2D eigenvalue weighted by molar-refractivity contribution is 5.94. The van der Waals surface area contributed by atoms with Crippen molar-refractivity contribution in [2.75, 3.05) is 5.32 Å². The highest BCUT2D eigenvalue weighted by Gasteiger charge is 2.24. The molecular formula is C18H29ClN2O3. The SMILES string of the molecule is CCC(C)C(N)C(=O)Nc1ccc(OC2CCCCC2O)cc1.Cl. The van der Waals surface area contributed by atoms with E-state index in [1.165, 1.54) is 0 Å². The van der Waals surface area contributed by atoms with Crippen LogP contribution in [-0.2, 0) is 4.79 Å². The number of hydrogen-bond donors (Lipinski definition) is 3. The maximum atomic E-state index is 12.1. The molecule has 2 rings (SSSR count). The van der Waals surface area contributed by atoms with Crippen molar-refractivity contribution in [1.82, 2.24) is 0 Å². The molecule has 0 aliphatic heterocycles. The first-order valence-electron chi connectivity index (χ1n) is 8.52. The molecule has 6 heteroatoms. The van der Waals surface area contributed by atoms with E-state index in [-0.39, 0.29) is 30.3 Å². The van der Waals surface area contributed by atoms with Crippen LogP contribution in [0.1, 0.15) is 46.0 Å². The summed E-state index contributed by atoms with van der Waals surface area (Å²) < 4.78 is 5.84. The van der Waals surface area contributed by atoms with Crippen LogP contribution in [0, 0.1) is 5.92 Å². The van der Waals surface area contributed by atoms with Gasteiger partial charge in [0.05, 0.1) is 12.1 Å². The van der Waals surface area contributed by atoms with Gasteiger partial charge in [-0.15, -0.1) is 12.4 Å². The van der Waals surface area contributed by atoms with Crippen LogP contribution >= 0.6 is 12.4 Å². The molecule has 1 aromatic rings. The molecule has 4 unspecified atom stereocenters. The van der Waals surface area contributed by atoms with E-state index in [9.17, 15) is 9.90 Å². The normalized spacial score (nSPS) is 22.8. The number of carbonyl (C=O) groups excluding carboxylic acids is 1. The van der Waals surface area contributed by atoms with Crippen molar-refractivity contribution >= 4 is 24.0 Å². The number of nitrogens with one attached hydrogen (secondary N) is 1. The van der Waals surface area contributed by atoms with E-state index >= 15 is 0 Å². The summed E-state index contributed by atoms with van der Waals surface area (Å²) in [6, 6.07) is 6.71. The number of amides is 1. The second-order valence-electron chi connectivity index (χ2n) is 6.43. The average Bonchev–Trinajstić information content (AvgIpc) is 2.57. The second-order valence-corrected chi connectivity index (χ2v) is 6.43. The molecule has 1 saturated carbocycles. The third kappa shape index (κ3) is 5.65. The number of nitrogens with two attached hydrogens (primary N) is 1. The van der Waals surface area contributed by atoms with Crippen LogP contribution in [0.25, 0.3) is 0 Å². The van der Waals surface area contributed by atoms with Crippen molar-refractivity contribution in [1.29, 1.82) is 0 Å². The van der Waals surface area contributed by atoms with Crippen molar-refractivity contribution in [3.05, 3.63) is 24.3 Å². The predicted molar refractivity (Wildman–Crippen MR) is 98.6 cm³/mol. The molecule has 1 fully saturated rings. The van der Waals surface area contributed by atoms with E-state index in [0.717, 1.165) is 32.1 Å². The van der Waals surface area contributed by atoms with Crippen LogP contribution in [0.15, 0.2) is 24.3 Å². The average molecular weight is 357 g/mol. The fraction of sp³-hybridized carbons (Fsp3) is 0.611. The molecule has 1 amide bonds. The lowest BCUT2D eigenvalue weighted by Crippen LogP contribution is -2.40. The van der Waals surface area contributed by atoms with Crippen LogP contribution in [0.5, 0.6) is 5.75 Å². The number of aliphatic hydroxyl groups is 1. The number of carbonyl (C=O) groups is 1. The van der Waals surface area contributed by atoms with Gasteiger partial charge >= 0.3 is 0 Å². The molecule has 0 heterocycles. The van der Waals surface area contributed by atoms with Crippen molar-refractivity contribution in [2.45, 2.75) is 64.2 Å². The van der Waals surface area contributed by atoms with E-state index in [0.29, 0.717) is 11.4 Å². The Morgan fingerprint density at radius 1 is 1.33 bits per heavy atom. The summed E-state index contributed by atoms with van der Waals surface area (Å²) in [6.07, 6.45) is 4.16. The zero-order valence-corrected chi connectivity index (χ0v) is 15.2. The van der Waals surface area contributed by atoms with Gasteiger partial charge in [0.1, 0.15) is 11.9 Å². The number of benzene rings is 1. The zero-order valence-electron chi connectivity index (χ0n) is 14.4. The van der Waals surface area contributed by atoms with Gasteiger partial charge in [0, 0.05) is 5.69 Å². The summed E-state index contributed by atoms with van der Waals surface area (Å²) in [4.78, 5) is 12.1. The highest BCUT2D eigenvalue weighted by Crippen LogP contribution is 2.25. The number of hydrogen-bond acceptors (Lipinski definition) is 4. The summed E-state index contributed by atoms with van der Waals surface area (Å²) in [5, 5.41) is 12.8. The lowest BCUT2D eigenvalue weighted by Gasteiger charge is -2.28. The monoisotopic (exact) mass is 356 g/mol. The van der Waals surface area contributed by atoms with Crippen molar-refractivity contribution in [3.8, 4) is 5.75 Å². The van der Waals surface area contributed by atoms with Crippen LogP contribution in [0.4, 0.5) is 5.69 Å². The van der Waals surface area contributed by atoms with E-state index in [4.69, 9.17) is 10.5 Å². The van der Waals surface area contributed by atoms with Gasteiger partial charge in [-0.3, -0.25) is 4.79 Å². The lowest BCUT2D eigenvalue weighted by molar-refractivity contribution is -0.118. The van der Waals surface area contributed by atoms with Gasteiger partial charge < -0.3 is 20.9 Å². The first-order chi connectivity index (χ1) is 11.0. The van der Waals surface area contributed by atoms with E-state index < -0.39 is 12.1 Å². The maximum absolute atomic E-state index is 12.1. The predicted octanol–water partition coefficient (Wildman–Crippen LogP) is 3.10. The number of anilines is 1. The number of ether oxygens (including phenoxy) is 1. The first kappa shape index (κ1) is 20.7. The molecule has 0 spiro atoms. The summed E-state index contributed by atoms with van der Waals surface area (Å²) in [5.74, 6) is 0.682. The number of halogens is 1. The van der Waals surface area contributed by atoms with E-state index in [1.54, 1.807) is 12.1 Å². The Morgan fingerprint density at radius 3 is 2.54 bits per heavy atom. The Morgan fingerprint density at radius 2 is 1.96 bits per heavy atom. The molecule has 4 N–H and O–H groups in total. The quantitative estimate of drug-likeness (QED) is 0.731. The first-order valence-corrected chi connectivity index (χ1v) is 8.52. The van der Waals surface area contributed by atoms with Crippen molar-refractivity contribution in [2.24, 2.45) is 11.7 Å². The minimum Gasteiger partial charge on any atom is -0.488 e. The standard InChI is InChI=1S/C18H28N2O3.ClH/c1-3-12(2)17(19)18(22)20-13-8-10-14(11-9-13)23-16-7-5-4-6-15(16)21;/h8-12,15-17,21H,3-7,19H2,1-2H3,(H,20,22);1H. The molecular weight excluding hydrogens is 328 g/mol. The number of rotatable bonds is 6. The lowest BCUT2D eigenvalue weighted by atomic mass is 9.95. The molecule has 0 aromatic heterocycles. The fourth-order valence-corrected chi connectivity index (χ4v) is 2.74. The van der Waals surface area contributed by atoms with E-state index in [2.05, 4.69) is 5.32 Å². The van der Waals surface area contributed by atoms with Gasteiger partial charge in [-0.25, -0.2) is 0 Å². The summed E-state index contributed by atoms with van der Waals surface area (Å²) in [6.45, 7) is 3.99. The maximum Gasteiger partial charge on any atom is 0.241 e. The van der Waals surface area contributed by atoms with Crippen LogP contribution in [0.2, 0.25) is 0 Å². The molecule has 5 nitrogen and oxygen atoms in total. The Kier molecular flexibility index (Phi) is 8.53. The third-order valence-corrected chi connectivity index (χ3v) is 4.64. The van der Waals surface area contributed by atoms with Crippen molar-refractivity contribution < 1.29 is 14.6 Å². The van der Waals surface area contributed by atoms with E-state index in [1.807, 2.05) is 26.0 Å². The Labute approximate surface area is 150 Å². The van der Waals surface area contributed by atoms with Gasteiger partial charge in [0.2, 0.25) is 5.91 Å². The number of aliphatic hydroxyl groups excluding tert-OH is 1. The summed E-state index contributed by atoms with van der Waals surface area (Å²) in [5.41, 5.74) is 6.62. The largest absolute Gasteiger partial charge is 0.488 e. The zero-order chi connectivity index (χ0) is 16.8. The van der Waals surface area contributed by atoms with Crippen LogP contribution < -0.4 is 15.8 Å². The van der Waals surface area contributed by atoms with Crippen LogP contribution in [-0.4, -0.2) is 29.3 Å². The summed E-state index contributed by atoms with van der Waals surface area (Å²) >= 11 is 0. The van der Waals surface area contributed by atoms with Crippen molar-refractivity contribution in [3.63, 3.8) is 0 Å². The minimum atomic E-state index is -0.506. The smallest absolute Gasteiger partial charge is 0.241 e. The summed E-state index contributed by atoms with van der Waals surface area (Å²) in [7, 11) is 0. The Balaban J connectivity index is 0.00000288. The van der Waals surface area contributed by atoms with Gasteiger partial charge in [0.25, 0.3) is 0 Å². The molecule has 4 atom stereocenters. The van der Waals surface area contributed by atoms with Gasteiger partial charge in [-0.2, -0.15) is 0 Å². The van der Waals surface area contributed by atoms with Gasteiger partial charge in [-0.05, 0) is 49.4 Å². The van der Waals surface area contributed by atoms with Gasteiger partial charge in [0.15, 0.2) is 0 Å².